The number of nitrogens with zero attached hydrogens (tertiary/aromatic N) is 1. The zero-order chi connectivity index (χ0) is 13.2. The van der Waals surface area contributed by atoms with Gasteiger partial charge in [0.05, 0.1) is 34.1 Å². The number of hydrogen-bond acceptors (Lipinski definition) is 5. The van der Waals surface area contributed by atoms with Crippen LogP contribution >= 0.6 is 22.9 Å². The van der Waals surface area contributed by atoms with Gasteiger partial charge in [0.15, 0.2) is 6.61 Å². The molecule has 0 aliphatic carbocycles. The molecule has 2 N–H and O–H groups in total. The smallest absolute Gasteiger partial charge is 0.262 e. The van der Waals surface area contributed by atoms with Crippen LogP contribution in [0.15, 0.2) is 23.0 Å². The number of aromatic nitrogens is 1. The molecule has 5 nitrogen and oxygen atoms in total. The van der Waals surface area contributed by atoms with Gasteiger partial charge >= 0.3 is 0 Å². The maximum Gasteiger partial charge on any atom is 0.262 e. The van der Waals surface area contributed by atoms with Gasteiger partial charge in [0.2, 0.25) is 0 Å². The second-order valence-corrected chi connectivity index (χ2v) is 5.12. The van der Waals surface area contributed by atoms with Crippen molar-refractivity contribution in [1.29, 1.82) is 0 Å². The van der Waals surface area contributed by atoms with Crippen molar-refractivity contribution in [3.63, 3.8) is 0 Å². The van der Waals surface area contributed by atoms with Crippen molar-refractivity contribution in [3.8, 4) is 5.75 Å². The number of halogens is 1. The fraction of sp³-hybridized carbons (Fsp3) is 0.167. The Morgan fingerprint density at radius 1 is 1.53 bits per heavy atom. The number of fused-ring (bicyclic) bond motifs is 1. The Morgan fingerprint density at radius 3 is 3.21 bits per heavy atom. The lowest BCUT2D eigenvalue weighted by Crippen LogP contribution is -2.25. The van der Waals surface area contributed by atoms with Gasteiger partial charge in [-0.1, -0.05) is 11.6 Å². The summed E-state index contributed by atoms with van der Waals surface area (Å²) in [6, 6.07) is 3.46. The van der Waals surface area contributed by atoms with Gasteiger partial charge in [0, 0.05) is 11.4 Å². The Balaban J connectivity index is 1.80. The van der Waals surface area contributed by atoms with E-state index < -0.39 is 0 Å². The first kappa shape index (κ1) is 12.3. The van der Waals surface area contributed by atoms with Crippen LogP contribution < -0.4 is 15.4 Å². The molecular weight excluding hydrogens is 286 g/mol. The molecule has 2 aromatic rings. The number of benzene rings is 1. The number of rotatable bonds is 3. The van der Waals surface area contributed by atoms with E-state index in [1.165, 1.54) is 0 Å². The second kappa shape index (κ2) is 5.07. The van der Waals surface area contributed by atoms with E-state index in [1.807, 2.05) is 5.38 Å². The molecule has 0 saturated heterocycles. The highest BCUT2D eigenvalue weighted by atomic mass is 35.5. The van der Waals surface area contributed by atoms with Crippen LogP contribution in [0.2, 0.25) is 5.02 Å². The minimum Gasteiger partial charge on any atom is -0.482 e. The molecular formula is C12H10ClN3O2S. The van der Waals surface area contributed by atoms with E-state index in [1.54, 1.807) is 29.0 Å². The monoisotopic (exact) mass is 295 g/mol. The van der Waals surface area contributed by atoms with Crippen molar-refractivity contribution >= 4 is 40.2 Å². The normalized spacial score (nSPS) is 13.4. The first-order valence-electron chi connectivity index (χ1n) is 5.59. The molecule has 0 radical (unpaired) electrons. The van der Waals surface area contributed by atoms with Gasteiger partial charge in [0.25, 0.3) is 5.91 Å². The third-order valence-corrected chi connectivity index (χ3v) is 3.59. The van der Waals surface area contributed by atoms with Gasteiger partial charge in [-0.2, -0.15) is 0 Å². The number of ether oxygens (including phenoxy) is 1. The van der Waals surface area contributed by atoms with E-state index in [0.29, 0.717) is 23.0 Å². The summed E-state index contributed by atoms with van der Waals surface area (Å²) in [5, 5.41) is 8.40. The van der Waals surface area contributed by atoms with Crippen molar-refractivity contribution in [2.45, 2.75) is 6.54 Å². The first-order chi connectivity index (χ1) is 9.22. The molecule has 7 heteroatoms. The fourth-order valence-corrected chi connectivity index (χ4v) is 2.54. The number of thiazole rings is 1. The van der Waals surface area contributed by atoms with Crippen LogP contribution in [0.3, 0.4) is 0 Å². The van der Waals surface area contributed by atoms with Crippen molar-refractivity contribution < 1.29 is 9.53 Å². The third kappa shape index (κ3) is 2.64. The molecule has 0 unspecified atom stereocenters. The summed E-state index contributed by atoms with van der Waals surface area (Å²) in [6.45, 7) is 0.620. The zero-order valence-electron chi connectivity index (χ0n) is 9.77. The molecule has 0 spiro atoms. The van der Waals surface area contributed by atoms with Crippen LogP contribution in [0.1, 0.15) is 5.69 Å². The minimum atomic E-state index is -0.174. The molecule has 1 aliphatic rings. The molecule has 1 amide bonds. The van der Waals surface area contributed by atoms with Gasteiger partial charge < -0.3 is 15.4 Å². The molecule has 3 rings (SSSR count). The van der Waals surface area contributed by atoms with Crippen LogP contribution in [0, 0.1) is 0 Å². The Morgan fingerprint density at radius 2 is 2.42 bits per heavy atom. The number of anilines is 2. The van der Waals surface area contributed by atoms with Gasteiger partial charge in [-0.25, -0.2) is 4.98 Å². The van der Waals surface area contributed by atoms with Crippen LogP contribution in [-0.4, -0.2) is 17.5 Å². The van der Waals surface area contributed by atoms with E-state index >= 15 is 0 Å². The summed E-state index contributed by atoms with van der Waals surface area (Å²) >= 11 is 7.71. The Labute approximate surface area is 118 Å². The zero-order valence-corrected chi connectivity index (χ0v) is 11.3. The van der Waals surface area contributed by atoms with Gasteiger partial charge in [-0.3, -0.25) is 4.79 Å². The summed E-state index contributed by atoms with van der Waals surface area (Å²) in [6.07, 6.45) is 0. The van der Waals surface area contributed by atoms with Crippen molar-refractivity contribution in [1.82, 2.24) is 4.98 Å². The summed E-state index contributed by atoms with van der Waals surface area (Å²) in [5.41, 5.74) is 4.09. The highest BCUT2D eigenvalue weighted by Gasteiger charge is 2.18. The van der Waals surface area contributed by atoms with Crippen molar-refractivity contribution in [3.05, 3.63) is 33.7 Å². The van der Waals surface area contributed by atoms with Crippen LogP contribution in [0.4, 0.5) is 11.4 Å². The molecule has 0 atom stereocenters. The molecule has 0 fully saturated rings. The van der Waals surface area contributed by atoms with Crippen LogP contribution in [0.5, 0.6) is 5.75 Å². The fourth-order valence-electron chi connectivity index (χ4n) is 1.75. The predicted molar refractivity (Wildman–Crippen MR) is 75.0 cm³/mol. The number of nitrogens with one attached hydrogen (secondary N) is 2. The lowest BCUT2D eigenvalue weighted by Gasteiger charge is -2.19. The maximum atomic E-state index is 11.2. The Bertz CT molecular complexity index is 616. The first-order valence-corrected chi connectivity index (χ1v) is 6.91. The second-order valence-electron chi connectivity index (χ2n) is 4.00. The van der Waals surface area contributed by atoms with Crippen molar-refractivity contribution in [2.75, 3.05) is 17.2 Å². The molecule has 0 saturated carbocycles. The highest BCUT2D eigenvalue weighted by Crippen LogP contribution is 2.36. The minimum absolute atomic E-state index is 0.0279. The molecule has 1 aromatic carbocycles. The summed E-state index contributed by atoms with van der Waals surface area (Å²) in [4.78, 5) is 15.4. The molecule has 19 heavy (non-hydrogen) atoms. The Kier molecular flexibility index (Phi) is 3.27. The van der Waals surface area contributed by atoms with Gasteiger partial charge in [-0.05, 0) is 6.07 Å². The summed E-state index contributed by atoms with van der Waals surface area (Å²) < 4.78 is 5.34. The van der Waals surface area contributed by atoms with E-state index in [9.17, 15) is 4.79 Å². The molecule has 2 heterocycles. The SMILES string of the molecule is O=C1COc2cc(NCc3cscn3)c(Cl)cc2N1. The quantitative estimate of drug-likeness (QED) is 0.914. The highest BCUT2D eigenvalue weighted by molar-refractivity contribution is 7.07. The molecule has 0 bridgehead atoms. The van der Waals surface area contributed by atoms with Gasteiger partial charge in [0.1, 0.15) is 5.75 Å². The number of hydrogen-bond donors (Lipinski definition) is 2. The van der Waals surface area contributed by atoms with Gasteiger partial charge in [-0.15, -0.1) is 11.3 Å². The van der Waals surface area contributed by atoms with Crippen LogP contribution in [0.25, 0.3) is 0 Å². The van der Waals surface area contributed by atoms with E-state index in [2.05, 4.69) is 15.6 Å². The lowest BCUT2D eigenvalue weighted by molar-refractivity contribution is -0.118. The van der Waals surface area contributed by atoms with E-state index in [4.69, 9.17) is 16.3 Å². The lowest BCUT2D eigenvalue weighted by atomic mass is 10.2. The third-order valence-electron chi connectivity index (χ3n) is 2.65. The number of amides is 1. The number of carbonyl (C=O) groups excluding carboxylic acids is 1. The topological polar surface area (TPSA) is 63.2 Å². The van der Waals surface area contributed by atoms with Crippen molar-refractivity contribution in [2.24, 2.45) is 0 Å². The largest absolute Gasteiger partial charge is 0.482 e. The van der Waals surface area contributed by atoms with E-state index in [0.717, 1.165) is 11.4 Å². The Hall–Kier alpha value is -1.79. The molecule has 98 valence electrons. The average Bonchev–Trinajstić information content (AvgIpc) is 2.89. The summed E-state index contributed by atoms with van der Waals surface area (Å²) in [7, 11) is 0. The van der Waals surface area contributed by atoms with E-state index in [-0.39, 0.29) is 12.5 Å². The molecule has 1 aliphatic heterocycles. The predicted octanol–water partition coefficient (Wildman–Crippen LogP) is 2.74. The van der Waals surface area contributed by atoms with Crippen LogP contribution in [-0.2, 0) is 11.3 Å². The molecule has 1 aromatic heterocycles. The average molecular weight is 296 g/mol. The summed E-state index contributed by atoms with van der Waals surface area (Å²) in [5.74, 6) is 0.441. The number of carbonyl (C=O) groups is 1. The maximum absolute atomic E-state index is 11.2. The standard InChI is InChI=1S/C12H10ClN3O2S/c13-8-1-10-11(18-4-12(17)16-10)2-9(8)14-3-7-5-19-6-15-7/h1-2,5-6,14H,3-4H2,(H,16,17).